The van der Waals surface area contributed by atoms with E-state index in [1.54, 1.807) is 38.3 Å². The molecule has 0 aliphatic rings. The molecule has 0 bridgehead atoms. The molecule has 0 aliphatic heterocycles. The molecule has 1 amide bonds. The van der Waals surface area contributed by atoms with E-state index < -0.39 is 30.3 Å². The second-order valence-electron chi connectivity index (χ2n) is 13.0. The van der Waals surface area contributed by atoms with Gasteiger partial charge in [0.25, 0.3) is 5.91 Å². The van der Waals surface area contributed by atoms with Crippen LogP contribution in [0.25, 0.3) is 11.3 Å². The lowest BCUT2D eigenvalue weighted by molar-refractivity contribution is 0.0627. The van der Waals surface area contributed by atoms with Crippen molar-refractivity contribution in [2.75, 3.05) is 26.6 Å². The van der Waals surface area contributed by atoms with E-state index >= 15 is 0 Å². The zero-order chi connectivity index (χ0) is 35.1. The first-order valence-electron chi connectivity index (χ1n) is 15.9. The highest BCUT2D eigenvalue weighted by molar-refractivity contribution is 7.90. The average molecular weight is 690 g/mol. The SMILES string of the molecule is COCC(C)Oc1cc(Oc2ccc(S(C)(=O)=O)nc2)cc(-c2ccc(C(=O)NC(C)C(O)CO[Si](C(C)C)(C(C)C)C(C)C)[nH]2)c1. The van der Waals surface area contributed by atoms with Crippen LogP contribution in [0.5, 0.6) is 17.2 Å². The van der Waals surface area contributed by atoms with E-state index in [-0.39, 0.29) is 23.6 Å². The minimum Gasteiger partial charge on any atom is -0.488 e. The van der Waals surface area contributed by atoms with Gasteiger partial charge in [-0.3, -0.25) is 4.79 Å². The summed E-state index contributed by atoms with van der Waals surface area (Å²) in [6.45, 7) is 17.3. The van der Waals surface area contributed by atoms with Crippen molar-refractivity contribution in [1.29, 1.82) is 0 Å². The Balaban J connectivity index is 1.79. The molecule has 0 fully saturated rings. The second-order valence-corrected chi connectivity index (χ2v) is 20.4. The lowest BCUT2D eigenvalue weighted by Crippen LogP contribution is -2.51. The molecule has 1 aromatic carbocycles. The Labute approximate surface area is 280 Å². The number of carbonyl (C=O) groups is 1. The number of aromatic amines is 1. The van der Waals surface area contributed by atoms with Gasteiger partial charge >= 0.3 is 0 Å². The zero-order valence-electron chi connectivity index (χ0n) is 29.2. The summed E-state index contributed by atoms with van der Waals surface area (Å²) >= 11 is 0. The first-order valence-corrected chi connectivity index (χ1v) is 20.0. The number of amides is 1. The van der Waals surface area contributed by atoms with Crippen molar-refractivity contribution in [3.8, 4) is 28.5 Å². The fourth-order valence-corrected chi connectivity index (χ4v) is 12.1. The van der Waals surface area contributed by atoms with Crippen LogP contribution in [0.1, 0.15) is 65.9 Å². The van der Waals surface area contributed by atoms with Gasteiger partial charge in [0.05, 0.1) is 31.6 Å². The predicted octanol–water partition coefficient (Wildman–Crippen LogP) is 6.36. The van der Waals surface area contributed by atoms with Crippen molar-refractivity contribution < 1.29 is 37.0 Å². The number of carbonyl (C=O) groups excluding carboxylic acids is 1. The number of ether oxygens (including phenoxy) is 3. The molecule has 260 valence electrons. The average Bonchev–Trinajstić information content (AvgIpc) is 3.47. The molecule has 3 atom stereocenters. The summed E-state index contributed by atoms with van der Waals surface area (Å²) < 4.78 is 47.4. The fraction of sp³-hybridized carbons (Fsp3) is 0.529. The van der Waals surface area contributed by atoms with Crippen molar-refractivity contribution in [3.63, 3.8) is 0 Å². The third-order valence-electron chi connectivity index (χ3n) is 8.33. The zero-order valence-corrected chi connectivity index (χ0v) is 31.0. The third kappa shape index (κ3) is 9.89. The molecule has 0 saturated carbocycles. The van der Waals surface area contributed by atoms with Gasteiger partial charge in [0.2, 0.25) is 0 Å². The van der Waals surface area contributed by atoms with Gasteiger partial charge in [0.15, 0.2) is 23.2 Å². The van der Waals surface area contributed by atoms with E-state index in [0.717, 1.165) is 6.26 Å². The number of hydrogen-bond donors (Lipinski definition) is 3. The number of aliphatic hydroxyl groups is 1. The van der Waals surface area contributed by atoms with E-state index in [1.165, 1.54) is 18.3 Å². The summed E-state index contributed by atoms with van der Waals surface area (Å²) in [6, 6.07) is 11.1. The normalized spacial score (nSPS) is 14.3. The van der Waals surface area contributed by atoms with Gasteiger partial charge in [-0.2, -0.15) is 0 Å². The van der Waals surface area contributed by atoms with Gasteiger partial charge in [-0.15, -0.1) is 0 Å². The number of H-pyrrole nitrogens is 1. The molecule has 13 heteroatoms. The second kappa shape index (κ2) is 16.2. The van der Waals surface area contributed by atoms with Gasteiger partial charge in [0.1, 0.15) is 29.0 Å². The van der Waals surface area contributed by atoms with Gasteiger partial charge in [-0.1, -0.05) is 41.5 Å². The molecule has 3 N–H and O–H groups in total. The molecule has 2 aromatic heterocycles. The van der Waals surface area contributed by atoms with Crippen LogP contribution in [0.2, 0.25) is 16.6 Å². The van der Waals surface area contributed by atoms with Gasteiger partial charge in [-0.05, 0) is 66.9 Å². The number of aromatic nitrogens is 2. The number of nitrogens with one attached hydrogen (secondary N) is 2. The molecular weight excluding hydrogens is 639 g/mol. The summed E-state index contributed by atoms with van der Waals surface area (Å²) in [7, 11) is -4.03. The highest BCUT2D eigenvalue weighted by Crippen LogP contribution is 2.42. The highest BCUT2D eigenvalue weighted by Gasteiger charge is 2.45. The number of methoxy groups -OCH3 is 1. The maximum Gasteiger partial charge on any atom is 0.268 e. The quantitative estimate of drug-likeness (QED) is 0.138. The molecule has 0 aliphatic carbocycles. The van der Waals surface area contributed by atoms with Crippen LogP contribution in [0.3, 0.4) is 0 Å². The maximum atomic E-state index is 13.2. The number of nitrogens with zero attached hydrogens (tertiary/aromatic N) is 1. The largest absolute Gasteiger partial charge is 0.488 e. The Morgan fingerprint density at radius 1 is 0.915 bits per heavy atom. The van der Waals surface area contributed by atoms with Gasteiger partial charge in [-0.25, -0.2) is 13.4 Å². The summed E-state index contributed by atoms with van der Waals surface area (Å²) in [4.78, 5) is 20.4. The van der Waals surface area contributed by atoms with Crippen molar-refractivity contribution in [3.05, 3.63) is 54.4 Å². The Morgan fingerprint density at radius 2 is 1.55 bits per heavy atom. The molecule has 2 heterocycles. The van der Waals surface area contributed by atoms with Crippen molar-refractivity contribution in [2.45, 2.75) is 95.3 Å². The molecule has 11 nitrogen and oxygen atoms in total. The first kappa shape index (κ1) is 38.2. The van der Waals surface area contributed by atoms with E-state index in [9.17, 15) is 18.3 Å². The van der Waals surface area contributed by atoms with Crippen LogP contribution in [-0.2, 0) is 19.0 Å². The lowest BCUT2D eigenvalue weighted by atomic mass is 10.1. The topological polar surface area (TPSA) is 149 Å². The number of benzene rings is 1. The van der Waals surface area contributed by atoms with Gasteiger partial charge < -0.3 is 34.0 Å². The molecule has 3 aromatic rings. The minimum absolute atomic E-state index is 0.0563. The monoisotopic (exact) mass is 689 g/mol. The number of sulfone groups is 1. The summed E-state index contributed by atoms with van der Waals surface area (Å²) in [5, 5.41) is 13.8. The molecule has 3 rings (SSSR count). The number of rotatable bonds is 17. The van der Waals surface area contributed by atoms with Crippen molar-refractivity contribution in [2.24, 2.45) is 0 Å². The number of aliphatic hydroxyl groups excluding tert-OH is 1. The van der Waals surface area contributed by atoms with Crippen LogP contribution in [0, 0.1) is 0 Å². The van der Waals surface area contributed by atoms with E-state index in [2.05, 4.69) is 56.8 Å². The highest BCUT2D eigenvalue weighted by atomic mass is 32.2. The van der Waals surface area contributed by atoms with Crippen LogP contribution >= 0.6 is 0 Å². The molecule has 3 unspecified atom stereocenters. The lowest BCUT2D eigenvalue weighted by Gasteiger charge is -2.43. The van der Waals surface area contributed by atoms with E-state index in [0.29, 0.717) is 57.4 Å². The Bertz CT molecular complexity index is 1550. The standard InChI is InChI=1S/C34H51N3O8SSi/c1-21(2)47(22(3)4,23(5)6)43-20-32(38)25(8)36-34(39)31-13-12-30(37-31)26-15-28(44-24(7)19-42-9)17-29(16-26)45-27-11-14-33(35-18-27)46(10,40)41/h11-18,21-25,32,37-38H,19-20H2,1-10H3,(H,36,39). The molecule has 47 heavy (non-hydrogen) atoms. The summed E-state index contributed by atoms with van der Waals surface area (Å²) in [5.74, 6) is 0.891. The molecule has 0 spiro atoms. The molecule has 0 saturated heterocycles. The number of hydrogen-bond acceptors (Lipinski definition) is 9. The Hall–Kier alpha value is -3.23. The maximum absolute atomic E-state index is 13.2. The molecule has 0 radical (unpaired) electrons. The Morgan fingerprint density at radius 3 is 2.11 bits per heavy atom. The predicted molar refractivity (Wildman–Crippen MR) is 186 cm³/mol. The Kier molecular flexibility index (Phi) is 13.2. The van der Waals surface area contributed by atoms with Crippen LogP contribution in [0.15, 0.2) is 53.7 Å². The smallest absolute Gasteiger partial charge is 0.268 e. The van der Waals surface area contributed by atoms with Crippen LogP contribution in [-0.4, -0.2) is 82.5 Å². The van der Waals surface area contributed by atoms with Crippen molar-refractivity contribution >= 4 is 24.1 Å². The first-order chi connectivity index (χ1) is 22.0. The van der Waals surface area contributed by atoms with Crippen molar-refractivity contribution in [1.82, 2.24) is 15.3 Å². The summed E-state index contributed by atoms with van der Waals surface area (Å²) in [5.41, 5.74) is 2.78. The molecular formula is C34H51N3O8SSi. The van der Waals surface area contributed by atoms with E-state index in [1.807, 2.05) is 13.0 Å². The minimum atomic E-state index is -3.45. The fourth-order valence-electron chi connectivity index (χ4n) is 6.09. The van der Waals surface area contributed by atoms with Gasteiger partial charge in [0, 0.05) is 30.7 Å². The third-order valence-corrected chi connectivity index (χ3v) is 15.4. The number of pyridine rings is 1. The van der Waals surface area contributed by atoms with E-state index in [4.69, 9.17) is 18.6 Å². The van der Waals surface area contributed by atoms with Crippen LogP contribution in [0.4, 0.5) is 0 Å². The summed E-state index contributed by atoms with van der Waals surface area (Å²) in [6.07, 6.45) is 1.30. The van der Waals surface area contributed by atoms with Crippen LogP contribution < -0.4 is 14.8 Å².